The molecule has 1 amide bonds. The van der Waals surface area contributed by atoms with Gasteiger partial charge in [0.15, 0.2) is 0 Å². The lowest BCUT2D eigenvalue weighted by molar-refractivity contribution is 0.0665. The molecule has 3 heterocycles. The second-order valence-electron chi connectivity index (χ2n) is 9.20. The summed E-state index contributed by atoms with van der Waals surface area (Å²) in [6.07, 6.45) is 3.93. The molecule has 5 rings (SSSR count). The van der Waals surface area contributed by atoms with Crippen LogP contribution in [0.15, 0.2) is 67.0 Å². The highest BCUT2D eigenvalue weighted by molar-refractivity contribution is 6.00. The third-order valence-corrected chi connectivity index (χ3v) is 6.65. The van der Waals surface area contributed by atoms with Crippen molar-refractivity contribution in [3.05, 3.63) is 78.1 Å². The van der Waals surface area contributed by atoms with Crippen LogP contribution in [-0.2, 0) is 0 Å². The molecule has 1 fully saturated rings. The Kier molecular flexibility index (Phi) is 5.98. The largest absolute Gasteiger partial charge is 0.377 e. The Morgan fingerprint density at radius 2 is 1.63 bits per heavy atom. The van der Waals surface area contributed by atoms with E-state index in [4.69, 9.17) is 5.26 Å². The van der Waals surface area contributed by atoms with Crippen LogP contribution in [-0.4, -0.2) is 72.4 Å². The third-order valence-electron chi connectivity index (χ3n) is 6.65. The minimum Gasteiger partial charge on any atom is -0.377 e. The van der Waals surface area contributed by atoms with Gasteiger partial charge in [0.05, 0.1) is 29.1 Å². The summed E-state index contributed by atoms with van der Waals surface area (Å²) >= 11 is 0. The highest BCUT2D eigenvalue weighted by Gasteiger charge is 2.23. The molecule has 2 aromatic heterocycles. The first kappa shape index (κ1) is 22.6. The lowest BCUT2D eigenvalue weighted by Gasteiger charge is -2.33. The molecule has 0 atom stereocenters. The molecule has 35 heavy (non-hydrogen) atoms. The average Bonchev–Trinajstić information content (AvgIpc) is 3.31. The van der Waals surface area contributed by atoms with Crippen molar-refractivity contribution in [3.8, 4) is 28.5 Å². The quantitative estimate of drug-likeness (QED) is 0.457. The molecule has 1 aliphatic rings. The summed E-state index contributed by atoms with van der Waals surface area (Å²) in [5.74, 6) is 0.0847. The molecule has 176 valence electrons. The zero-order chi connectivity index (χ0) is 24.5. The summed E-state index contributed by atoms with van der Waals surface area (Å²) in [4.78, 5) is 24.1. The Hall–Kier alpha value is -4.15. The number of imidazole rings is 1. The van der Waals surface area contributed by atoms with Gasteiger partial charge in [0, 0.05) is 57.7 Å². The molecule has 2 aromatic carbocycles. The normalized spacial score (nSPS) is 14.2. The fourth-order valence-corrected chi connectivity index (χ4v) is 4.52. The van der Waals surface area contributed by atoms with Crippen molar-refractivity contribution in [2.45, 2.75) is 0 Å². The number of fused-ring (bicyclic) bond motifs is 1. The van der Waals surface area contributed by atoms with E-state index in [1.54, 1.807) is 0 Å². The maximum Gasteiger partial charge on any atom is 0.256 e. The van der Waals surface area contributed by atoms with Gasteiger partial charge in [-0.1, -0.05) is 18.2 Å². The Morgan fingerprint density at radius 3 is 2.31 bits per heavy atom. The van der Waals surface area contributed by atoms with Crippen LogP contribution in [0.1, 0.15) is 15.9 Å². The van der Waals surface area contributed by atoms with Crippen molar-refractivity contribution in [1.82, 2.24) is 19.2 Å². The van der Waals surface area contributed by atoms with Crippen molar-refractivity contribution in [1.29, 1.82) is 5.26 Å². The maximum atomic E-state index is 13.3. The average molecular weight is 465 g/mol. The fourth-order valence-electron chi connectivity index (χ4n) is 4.52. The van der Waals surface area contributed by atoms with Crippen LogP contribution >= 0.6 is 0 Å². The summed E-state index contributed by atoms with van der Waals surface area (Å²) in [5, 5.41) is 9.10. The second-order valence-corrected chi connectivity index (χ2v) is 9.20. The van der Waals surface area contributed by atoms with Crippen molar-refractivity contribution < 1.29 is 4.79 Å². The van der Waals surface area contributed by atoms with Crippen LogP contribution in [0.3, 0.4) is 0 Å². The van der Waals surface area contributed by atoms with Crippen LogP contribution < -0.4 is 4.90 Å². The summed E-state index contributed by atoms with van der Waals surface area (Å²) in [6, 6.07) is 19.8. The highest BCUT2D eigenvalue weighted by atomic mass is 16.2. The van der Waals surface area contributed by atoms with E-state index in [1.165, 1.54) is 0 Å². The zero-order valence-electron chi connectivity index (χ0n) is 20.3. The number of hydrogen-bond donors (Lipinski definition) is 0. The van der Waals surface area contributed by atoms with Crippen molar-refractivity contribution in [2.24, 2.45) is 0 Å². The summed E-state index contributed by atoms with van der Waals surface area (Å²) in [5.41, 5.74) is 7.14. The molecule has 1 saturated heterocycles. The highest BCUT2D eigenvalue weighted by Crippen LogP contribution is 2.30. The molecular weight excluding hydrogens is 436 g/mol. The minimum absolute atomic E-state index is 0.0847. The first-order valence-corrected chi connectivity index (χ1v) is 11.7. The van der Waals surface area contributed by atoms with Crippen molar-refractivity contribution in [2.75, 3.05) is 52.2 Å². The molecule has 0 unspecified atom stereocenters. The van der Waals surface area contributed by atoms with E-state index in [1.807, 2.05) is 72.6 Å². The number of nitrogens with zero attached hydrogens (tertiary/aromatic N) is 6. The Balaban J connectivity index is 1.51. The van der Waals surface area contributed by atoms with Gasteiger partial charge in [-0.15, -0.1) is 0 Å². The molecule has 0 spiro atoms. The van der Waals surface area contributed by atoms with Gasteiger partial charge in [0.1, 0.15) is 5.65 Å². The first-order chi connectivity index (χ1) is 16.9. The van der Waals surface area contributed by atoms with Crippen molar-refractivity contribution in [3.63, 3.8) is 0 Å². The molecule has 0 N–H and O–H groups in total. The van der Waals surface area contributed by atoms with Gasteiger partial charge in [0.2, 0.25) is 0 Å². The van der Waals surface area contributed by atoms with Gasteiger partial charge < -0.3 is 14.7 Å². The lowest BCUT2D eigenvalue weighted by Crippen LogP contribution is -2.47. The Labute approximate surface area is 205 Å². The second kappa shape index (κ2) is 9.24. The number of benzene rings is 2. The van der Waals surface area contributed by atoms with E-state index in [0.29, 0.717) is 5.56 Å². The third kappa shape index (κ3) is 4.36. The van der Waals surface area contributed by atoms with Gasteiger partial charge in [-0.05, 0) is 54.6 Å². The summed E-state index contributed by atoms with van der Waals surface area (Å²) in [6.45, 7) is 3.29. The molecule has 0 saturated carbocycles. The standard InChI is InChI=1S/C28H28N6O/c1-31(2)25-16-22(8-10-24(25)28(35)33-14-12-32(3)13-15-33)23-9-11-27-30-18-26(34(27)19-23)21-6-4-20(17-29)5-7-21/h4-11,16,18-19H,12-15H2,1-3H3. The van der Waals surface area contributed by atoms with Gasteiger partial charge in [0.25, 0.3) is 5.91 Å². The Bertz CT molecular complexity index is 1420. The topological polar surface area (TPSA) is 67.9 Å². The molecule has 4 aromatic rings. The first-order valence-electron chi connectivity index (χ1n) is 11.7. The summed E-state index contributed by atoms with van der Waals surface area (Å²) in [7, 11) is 6.04. The lowest BCUT2D eigenvalue weighted by atomic mass is 10.0. The minimum atomic E-state index is 0.0847. The van der Waals surface area contributed by atoms with Crippen LogP contribution in [0.4, 0.5) is 5.69 Å². The Morgan fingerprint density at radius 1 is 0.943 bits per heavy atom. The van der Waals surface area contributed by atoms with Crippen LogP contribution in [0.25, 0.3) is 28.0 Å². The molecule has 0 aliphatic carbocycles. The number of anilines is 1. The van der Waals surface area contributed by atoms with Gasteiger partial charge in [-0.25, -0.2) is 4.98 Å². The smallest absolute Gasteiger partial charge is 0.256 e. The number of hydrogen-bond acceptors (Lipinski definition) is 5. The molecule has 1 aliphatic heterocycles. The molecular formula is C28H28N6O. The summed E-state index contributed by atoms with van der Waals surface area (Å²) < 4.78 is 2.06. The fraction of sp³-hybridized carbons (Fsp3) is 0.250. The number of rotatable bonds is 4. The maximum absolute atomic E-state index is 13.3. The molecule has 0 radical (unpaired) electrons. The zero-order valence-corrected chi connectivity index (χ0v) is 20.3. The van der Waals surface area contributed by atoms with Gasteiger partial charge in [-0.2, -0.15) is 5.26 Å². The SMILES string of the molecule is CN1CCN(C(=O)c2ccc(-c3ccc4ncc(-c5ccc(C#N)cc5)n4c3)cc2N(C)C)CC1. The number of aromatic nitrogens is 2. The number of carbonyl (C=O) groups is 1. The van der Waals surface area contributed by atoms with Gasteiger partial charge in [-0.3, -0.25) is 9.20 Å². The van der Waals surface area contributed by atoms with E-state index < -0.39 is 0 Å². The predicted molar refractivity (Wildman–Crippen MR) is 139 cm³/mol. The number of carbonyl (C=O) groups excluding carboxylic acids is 1. The molecule has 7 nitrogen and oxygen atoms in total. The number of amides is 1. The van der Waals surface area contributed by atoms with Gasteiger partial charge >= 0.3 is 0 Å². The number of pyridine rings is 1. The van der Waals surface area contributed by atoms with E-state index in [0.717, 1.165) is 65.5 Å². The predicted octanol–water partition coefficient (Wildman–Crippen LogP) is 3.99. The van der Waals surface area contributed by atoms with E-state index in [-0.39, 0.29) is 5.91 Å². The van der Waals surface area contributed by atoms with E-state index in [9.17, 15) is 4.79 Å². The van der Waals surface area contributed by atoms with Crippen LogP contribution in [0.5, 0.6) is 0 Å². The molecule has 7 heteroatoms. The monoisotopic (exact) mass is 464 g/mol. The van der Waals surface area contributed by atoms with Crippen LogP contribution in [0.2, 0.25) is 0 Å². The van der Waals surface area contributed by atoms with E-state index in [2.05, 4.69) is 45.7 Å². The number of nitriles is 1. The number of piperazine rings is 1. The van der Waals surface area contributed by atoms with Crippen molar-refractivity contribution >= 4 is 17.2 Å². The number of likely N-dealkylation sites (N-methyl/N-ethyl adjacent to an activating group) is 1. The van der Waals surface area contributed by atoms with Crippen LogP contribution in [0, 0.1) is 11.3 Å². The molecule has 0 bridgehead atoms. The van der Waals surface area contributed by atoms with E-state index >= 15 is 0 Å².